The van der Waals surface area contributed by atoms with Crippen LogP contribution in [-0.2, 0) is 9.53 Å². The lowest BCUT2D eigenvalue weighted by Crippen LogP contribution is -2.55. The van der Waals surface area contributed by atoms with Crippen molar-refractivity contribution in [3.63, 3.8) is 0 Å². The van der Waals surface area contributed by atoms with Crippen molar-refractivity contribution in [2.75, 3.05) is 24.7 Å². The van der Waals surface area contributed by atoms with Crippen LogP contribution >= 0.6 is 11.8 Å². The van der Waals surface area contributed by atoms with E-state index in [9.17, 15) is 4.79 Å². The summed E-state index contributed by atoms with van der Waals surface area (Å²) in [4.78, 5) is 13.3. The number of carbonyl (C=O) groups is 1. The molecule has 4 nitrogen and oxygen atoms in total. The maximum absolute atomic E-state index is 10.9. The summed E-state index contributed by atoms with van der Waals surface area (Å²) in [5, 5.41) is 8.98. The van der Waals surface area contributed by atoms with Gasteiger partial charge < -0.3 is 9.84 Å². The highest BCUT2D eigenvalue weighted by atomic mass is 32.2. The fourth-order valence-electron chi connectivity index (χ4n) is 3.41. The summed E-state index contributed by atoms with van der Waals surface area (Å²) in [5.74, 6) is 1.58. The third-order valence-electron chi connectivity index (χ3n) is 4.40. The van der Waals surface area contributed by atoms with Gasteiger partial charge in [0.05, 0.1) is 12.0 Å². The number of thioether (sulfide) groups is 1. The number of hydrogen-bond donors (Lipinski definition) is 1. The van der Waals surface area contributed by atoms with E-state index in [1.807, 2.05) is 11.8 Å². The van der Waals surface area contributed by atoms with Gasteiger partial charge in [-0.1, -0.05) is 0 Å². The Labute approximate surface area is 126 Å². The highest BCUT2D eigenvalue weighted by Crippen LogP contribution is 2.40. The molecule has 2 rings (SSSR count). The molecule has 0 bridgehead atoms. The van der Waals surface area contributed by atoms with E-state index in [1.54, 1.807) is 0 Å². The van der Waals surface area contributed by atoms with Crippen LogP contribution in [0.1, 0.15) is 46.5 Å². The molecule has 0 aromatic heterocycles. The van der Waals surface area contributed by atoms with Crippen molar-refractivity contribution in [1.29, 1.82) is 0 Å². The van der Waals surface area contributed by atoms with Crippen LogP contribution in [0, 0.1) is 0 Å². The number of ether oxygens (including phenoxy) is 1. The molecule has 2 unspecified atom stereocenters. The van der Waals surface area contributed by atoms with Crippen LogP contribution in [0.15, 0.2) is 0 Å². The van der Waals surface area contributed by atoms with Gasteiger partial charge in [0.25, 0.3) is 0 Å². The number of aliphatic carboxylic acids is 1. The van der Waals surface area contributed by atoms with Crippen LogP contribution in [-0.4, -0.2) is 57.8 Å². The van der Waals surface area contributed by atoms with E-state index in [0.717, 1.165) is 31.6 Å². The van der Waals surface area contributed by atoms with Gasteiger partial charge in [0.15, 0.2) is 0 Å². The van der Waals surface area contributed by atoms with Gasteiger partial charge in [-0.05, 0) is 45.8 Å². The lowest BCUT2D eigenvalue weighted by Gasteiger charge is -2.47. The third-order valence-corrected chi connectivity index (χ3v) is 5.63. The van der Waals surface area contributed by atoms with E-state index >= 15 is 0 Å². The molecule has 0 aliphatic carbocycles. The number of rotatable bonds is 4. The van der Waals surface area contributed by atoms with Crippen molar-refractivity contribution in [3.05, 3.63) is 0 Å². The van der Waals surface area contributed by atoms with E-state index in [4.69, 9.17) is 9.84 Å². The molecule has 5 heteroatoms. The van der Waals surface area contributed by atoms with Crippen molar-refractivity contribution in [3.8, 4) is 0 Å². The maximum Gasteiger partial charge on any atom is 0.304 e. The first-order valence-corrected chi connectivity index (χ1v) is 8.68. The zero-order valence-electron chi connectivity index (χ0n) is 12.9. The molecule has 1 spiro atoms. The third kappa shape index (κ3) is 3.89. The Morgan fingerprint density at radius 3 is 2.80 bits per heavy atom. The number of carboxylic acids is 1. The Hall–Kier alpha value is -0.260. The molecule has 2 heterocycles. The topological polar surface area (TPSA) is 49.8 Å². The Bertz CT molecular complexity index is 348. The maximum atomic E-state index is 10.9. The molecule has 0 aromatic rings. The Kier molecular flexibility index (Phi) is 5.03. The summed E-state index contributed by atoms with van der Waals surface area (Å²) < 4.78 is 6.08. The number of nitrogens with zero attached hydrogens (tertiary/aromatic N) is 1. The van der Waals surface area contributed by atoms with Crippen molar-refractivity contribution >= 4 is 17.7 Å². The predicted molar refractivity (Wildman–Crippen MR) is 82.4 cm³/mol. The van der Waals surface area contributed by atoms with E-state index in [2.05, 4.69) is 25.7 Å². The molecule has 2 fully saturated rings. The first kappa shape index (κ1) is 16.1. The second-order valence-electron chi connectivity index (χ2n) is 6.99. The molecule has 116 valence electrons. The highest BCUT2D eigenvalue weighted by molar-refractivity contribution is 7.99. The minimum absolute atomic E-state index is 0.00436. The molecule has 2 saturated heterocycles. The van der Waals surface area contributed by atoms with Crippen LogP contribution in [0.3, 0.4) is 0 Å². The van der Waals surface area contributed by atoms with Crippen LogP contribution in [0.5, 0.6) is 0 Å². The summed E-state index contributed by atoms with van der Waals surface area (Å²) in [6.07, 6.45) is 3.43. The zero-order chi connectivity index (χ0) is 14.8. The molecule has 0 amide bonds. The zero-order valence-corrected chi connectivity index (χ0v) is 13.7. The average Bonchev–Trinajstić information content (AvgIpc) is 2.75. The standard InChI is InChI=1S/C15H27NO3S/c1-14(2,3)16(7-4-13(17)18)12-5-8-19-15(10-12)6-9-20-11-15/h12H,4-11H2,1-3H3,(H,17,18). The minimum atomic E-state index is -0.711. The largest absolute Gasteiger partial charge is 0.481 e. The molecule has 0 saturated carbocycles. The van der Waals surface area contributed by atoms with Crippen LogP contribution in [0.2, 0.25) is 0 Å². The van der Waals surface area contributed by atoms with E-state index < -0.39 is 5.97 Å². The van der Waals surface area contributed by atoms with Crippen LogP contribution < -0.4 is 0 Å². The molecule has 1 N–H and O–H groups in total. The Balaban J connectivity index is 2.05. The van der Waals surface area contributed by atoms with Gasteiger partial charge in [-0.3, -0.25) is 9.69 Å². The average molecular weight is 301 g/mol. The summed E-state index contributed by atoms with van der Waals surface area (Å²) >= 11 is 1.98. The van der Waals surface area contributed by atoms with Crippen LogP contribution in [0.25, 0.3) is 0 Å². The molecule has 20 heavy (non-hydrogen) atoms. The lowest BCUT2D eigenvalue weighted by molar-refractivity contribution is -0.138. The van der Waals surface area contributed by atoms with Gasteiger partial charge in [0, 0.05) is 30.5 Å². The van der Waals surface area contributed by atoms with Gasteiger partial charge in [0.2, 0.25) is 0 Å². The lowest BCUT2D eigenvalue weighted by atomic mass is 9.87. The fraction of sp³-hybridized carbons (Fsp3) is 0.933. The van der Waals surface area contributed by atoms with Crippen LogP contribution in [0.4, 0.5) is 0 Å². The normalized spacial score (nSPS) is 31.1. The second kappa shape index (κ2) is 6.24. The molecule has 2 aliphatic rings. The van der Waals surface area contributed by atoms with Gasteiger partial charge in [-0.2, -0.15) is 11.8 Å². The quantitative estimate of drug-likeness (QED) is 0.865. The van der Waals surface area contributed by atoms with Gasteiger partial charge in [-0.25, -0.2) is 0 Å². The summed E-state index contributed by atoms with van der Waals surface area (Å²) in [7, 11) is 0. The fourth-order valence-corrected chi connectivity index (χ4v) is 4.79. The number of carboxylic acid groups (broad SMARTS) is 1. The van der Waals surface area contributed by atoms with E-state index in [0.29, 0.717) is 12.6 Å². The molecular weight excluding hydrogens is 274 g/mol. The summed E-state index contributed by atoms with van der Waals surface area (Å²) in [6.45, 7) is 7.98. The molecule has 2 aliphatic heterocycles. The molecule has 2 atom stereocenters. The monoisotopic (exact) mass is 301 g/mol. The summed E-state index contributed by atoms with van der Waals surface area (Å²) in [5.41, 5.74) is 0.0602. The first-order valence-electron chi connectivity index (χ1n) is 7.53. The van der Waals surface area contributed by atoms with Crippen molar-refractivity contribution < 1.29 is 14.6 Å². The molecule has 0 aromatic carbocycles. The van der Waals surface area contributed by atoms with Gasteiger partial charge in [0.1, 0.15) is 0 Å². The first-order chi connectivity index (χ1) is 9.32. The second-order valence-corrected chi connectivity index (χ2v) is 8.09. The van der Waals surface area contributed by atoms with Gasteiger partial charge in [-0.15, -0.1) is 0 Å². The smallest absolute Gasteiger partial charge is 0.304 e. The molecule has 0 radical (unpaired) electrons. The Morgan fingerprint density at radius 1 is 1.50 bits per heavy atom. The summed E-state index contributed by atoms with van der Waals surface area (Å²) in [6, 6.07) is 0.446. The van der Waals surface area contributed by atoms with Gasteiger partial charge >= 0.3 is 5.97 Å². The molecular formula is C15H27NO3S. The van der Waals surface area contributed by atoms with Crippen molar-refractivity contribution in [1.82, 2.24) is 4.90 Å². The van der Waals surface area contributed by atoms with Crippen molar-refractivity contribution in [2.24, 2.45) is 0 Å². The predicted octanol–water partition coefficient (Wildman–Crippen LogP) is 2.62. The van der Waals surface area contributed by atoms with Crippen molar-refractivity contribution in [2.45, 2.75) is 63.6 Å². The van der Waals surface area contributed by atoms with E-state index in [1.165, 1.54) is 5.75 Å². The number of hydrogen-bond acceptors (Lipinski definition) is 4. The SMILES string of the molecule is CC(C)(C)N(CCC(=O)O)C1CCOC2(CCSC2)C1. The highest BCUT2D eigenvalue weighted by Gasteiger charge is 2.43. The van der Waals surface area contributed by atoms with E-state index in [-0.39, 0.29) is 17.6 Å². The Morgan fingerprint density at radius 2 is 2.25 bits per heavy atom. The minimum Gasteiger partial charge on any atom is -0.481 e.